The first-order valence-corrected chi connectivity index (χ1v) is 6.44. The molecule has 4 nitrogen and oxygen atoms in total. The van der Waals surface area contributed by atoms with E-state index < -0.39 is 17.8 Å². The van der Waals surface area contributed by atoms with Gasteiger partial charge in [0.1, 0.15) is 0 Å². The molecule has 0 aliphatic carbocycles. The van der Waals surface area contributed by atoms with E-state index in [9.17, 15) is 13.2 Å². The molecule has 0 saturated carbocycles. The summed E-state index contributed by atoms with van der Waals surface area (Å²) in [5, 5.41) is 0. The van der Waals surface area contributed by atoms with Gasteiger partial charge >= 0.3 is 6.18 Å². The largest absolute Gasteiger partial charge is 0.416 e. The van der Waals surface area contributed by atoms with Crippen LogP contribution in [0, 0.1) is 5.92 Å². The molecular weight excluding hydrogens is 271 g/mol. The molecule has 0 spiro atoms. The average molecular weight is 289 g/mol. The van der Waals surface area contributed by atoms with Crippen molar-refractivity contribution in [2.45, 2.75) is 25.1 Å². The molecule has 1 unspecified atom stereocenters. The molecule has 20 heavy (non-hydrogen) atoms. The summed E-state index contributed by atoms with van der Waals surface area (Å²) in [7, 11) is 0. The van der Waals surface area contributed by atoms with Gasteiger partial charge < -0.3 is 10.5 Å². The summed E-state index contributed by atoms with van der Waals surface area (Å²) in [4.78, 5) is 0. The summed E-state index contributed by atoms with van der Waals surface area (Å²) in [5.41, 5.74) is 8.42. The Balaban J connectivity index is 2.32. The maximum Gasteiger partial charge on any atom is 0.416 e. The van der Waals surface area contributed by atoms with E-state index >= 15 is 0 Å². The van der Waals surface area contributed by atoms with Crippen LogP contribution in [0.1, 0.15) is 30.0 Å². The molecule has 0 aromatic heterocycles. The second kappa shape index (κ2) is 5.99. The van der Waals surface area contributed by atoms with Crippen LogP contribution in [0.5, 0.6) is 0 Å². The minimum Gasteiger partial charge on any atom is -0.398 e. The van der Waals surface area contributed by atoms with Crippen LogP contribution in [0.2, 0.25) is 0 Å². The van der Waals surface area contributed by atoms with Gasteiger partial charge in [-0.2, -0.15) is 13.2 Å². The number of nitrogens with two attached hydrogens (primary N) is 2. The van der Waals surface area contributed by atoms with E-state index in [4.69, 9.17) is 16.3 Å². The van der Waals surface area contributed by atoms with Gasteiger partial charge in [-0.05, 0) is 42.5 Å². The van der Waals surface area contributed by atoms with Crippen LogP contribution in [0.3, 0.4) is 0 Å². The number of rotatable bonds is 3. The van der Waals surface area contributed by atoms with Crippen molar-refractivity contribution in [3.8, 4) is 0 Å². The van der Waals surface area contributed by atoms with Gasteiger partial charge in [-0.3, -0.25) is 11.3 Å². The lowest BCUT2D eigenvalue weighted by Crippen LogP contribution is -2.36. The summed E-state index contributed by atoms with van der Waals surface area (Å²) in [6, 6.07) is 2.94. The van der Waals surface area contributed by atoms with Crippen LogP contribution >= 0.6 is 0 Å². The third-order valence-corrected chi connectivity index (χ3v) is 3.67. The first-order chi connectivity index (χ1) is 9.43. The van der Waals surface area contributed by atoms with E-state index in [1.54, 1.807) is 0 Å². The minimum absolute atomic E-state index is 0.111. The molecule has 0 amide bonds. The average Bonchev–Trinajstić information content (AvgIpc) is 2.41. The van der Waals surface area contributed by atoms with Crippen molar-refractivity contribution in [1.29, 1.82) is 0 Å². The normalized spacial score (nSPS) is 19.0. The zero-order valence-electron chi connectivity index (χ0n) is 10.9. The topological polar surface area (TPSA) is 73.3 Å². The highest BCUT2D eigenvalue weighted by Gasteiger charge is 2.33. The molecule has 0 radical (unpaired) electrons. The first-order valence-electron chi connectivity index (χ1n) is 6.44. The molecule has 5 N–H and O–H groups in total. The molecular formula is C13H18F3N3O. The van der Waals surface area contributed by atoms with Gasteiger partial charge in [0.25, 0.3) is 0 Å². The number of hydrazine groups is 1. The predicted octanol–water partition coefficient (Wildman–Crippen LogP) is 2.22. The Bertz CT molecular complexity index is 459. The highest BCUT2D eigenvalue weighted by molar-refractivity contribution is 5.51. The number of hydrogen-bond donors (Lipinski definition) is 3. The smallest absolute Gasteiger partial charge is 0.398 e. The number of anilines is 1. The van der Waals surface area contributed by atoms with Gasteiger partial charge in [-0.15, -0.1) is 0 Å². The highest BCUT2D eigenvalue weighted by atomic mass is 19.4. The fourth-order valence-electron chi connectivity index (χ4n) is 2.55. The molecule has 1 aliphatic rings. The van der Waals surface area contributed by atoms with E-state index in [1.807, 2.05) is 0 Å². The first kappa shape index (κ1) is 15.1. The van der Waals surface area contributed by atoms with E-state index in [2.05, 4.69) is 5.43 Å². The Morgan fingerprint density at radius 2 is 1.90 bits per heavy atom. The quantitative estimate of drug-likeness (QED) is 0.453. The van der Waals surface area contributed by atoms with E-state index in [0.29, 0.717) is 24.5 Å². The Kier molecular flexibility index (Phi) is 4.52. The number of ether oxygens (including phenoxy) is 1. The van der Waals surface area contributed by atoms with Crippen LogP contribution in [-0.4, -0.2) is 13.2 Å². The Labute approximate surface area is 115 Å². The molecule has 1 fully saturated rings. The van der Waals surface area contributed by atoms with Gasteiger partial charge in [0.2, 0.25) is 0 Å². The predicted molar refractivity (Wildman–Crippen MR) is 69.5 cm³/mol. The summed E-state index contributed by atoms with van der Waals surface area (Å²) in [6.07, 6.45) is -2.91. The summed E-state index contributed by atoms with van der Waals surface area (Å²) < 4.78 is 43.6. The number of nitrogens with one attached hydrogen (secondary N) is 1. The SMILES string of the molecule is NNC(c1cc(C(F)(F)F)ccc1N)C1CCOCC1. The van der Waals surface area contributed by atoms with Crippen molar-refractivity contribution in [3.05, 3.63) is 29.3 Å². The molecule has 2 rings (SSSR count). The zero-order valence-corrected chi connectivity index (χ0v) is 10.9. The van der Waals surface area contributed by atoms with E-state index in [1.165, 1.54) is 6.07 Å². The molecule has 1 heterocycles. The van der Waals surface area contributed by atoms with Gasteiger partial charge in [0, 0.05) is 18.9 Å². The second-order valence-corrected chi connectivity index (χ2v) is 4.94. The number of alkyl halides is 3. The number of halogens is 3. The molecule has 1 aliphatic heterocycles. The van der Waals surface area contributed by atoms with Crippen LogP contribution in [0.25, 0.3) is 0 Å². The molecule has 112 valence electrons. The lowest BCUT2D eigenvalue weighted by molar-refractivity contribution is -0.137. The number of nitrogen functional groups attached to an aromatic ring is 1. The Hall–Kier alpha value is -1.31. The van der Waals surface area contributed by atoms with Crippen molar-refractivity contribution in [1.82, 2.24) is 5.43 Å². The summed E-state index contributed by atoms with van der Waals surface area (Å²) >= 11 is 0. The van der Waals surface area contributed by atoms with Gasteiger partial charge in [-0.25, -0.2) is 0 Å². The third-order valence-electron chi connectivity index (χ3n) is 3.67. The van der Waals surface area contributed by atoms with Crippen molar-refractivity contribution in [2.24, 2.45) is 11.8 Å². The monoisotopic (exact) mass is 289 g/mol. The van der Waals surface area contributed by atoms with Crippen molar-refractivity contribution < 1.29 is 17.9 Å². The summed E-state index contributed by atoms with van der Waals surface area (Å²) in [6.45, 7) is 1.17. The number of hydrogen-bond acceptors (Lipinski definition) is 4. The Morgan fingerprint density at radius 3 is 2.45 bits per heavy atom. The van der Waals surface area contributed by atoms with Crippen LogP contribution in [0.15, 0.2) is 18.2 Å². The third kappa shape index (κ3) is 3.23. The second-order valence-electron chi connectivity index (χ2n) is 4.94. The number of benzene rings is 1. The van der Waals surface area contributed by atoms with Gasteiger partial charge in [-0.1, -0.05) is 0 Å². The molecule has 7 heteroatoms. The van der Waals surface area contributed by atoms with Crippen LogP contribution < -0.4 is 17.0 Å². The van der Waals surface area contributed by atoms with E-state index in [0.717, 1.165) is 25.0 Å². The lowest BCUT2D eigenvalue weighted by atomic mass is 9.86. The van der Waals surface area contributed by atoms with Crippen molar-refractivity contribution in [3.63, 3.8) is 0 Å². The molecule has 0 bridgehead atoms. The maximum atomic E-state index is 12.8. The van der Waals surface area contributed by atoms with Crippen molar-refractivity contribution in [2.75, 3.05) is 18.9 Å². The Morgan fingerprint density at radius 1 is 1.25 bits per heavy atom. The zero-order chi connectivity index (χ0) is 14.8. The highest BCUT2D eigenvalue weighted by Crippen LogP contribution is 2.36. The standard InChI is InChI=1S/C13H18F3N3O/c14-13(15,16)9-1-2-11(17)10(7-9)12(19-18)8-3-5-20-6-4-8/h1-2,7-8,12,19H,3-6,17-18H2. The molecule has 1 atom stereocenters. The fraction of sp³-hybridized carbons (Fsp3) is 0.538. The fourth-order valence-corrected chi connectivity index (χ4v) is 2.55. The summed E-state index contributed by atoms with van der Waals surface area (Å²) in [5.74, 6) is 5.65. The molecule has 1 saturated heterocycles. The maximum absolute atomic E-state index is 12.8. The lowest BCUT2D eigenvalue weighted by Gasteiger charge is -2.31. The minimum atomic E-state index is -4.39. The molecule has 1 aromatic rings. The van der Waals surface area contributed by atoms with Gasteiger partial charge in [0.15, 0.2) is 0 Å². The van der Waals surface area contributed by atoms with E-state index in [-0.39, 0.29) is 5.92 Å². The van der Waals surface area contributed by atoms with Gasteiger partial charge in [0.05, 0.1) is 11.6 Å². The van der Waals surface area contributed by atoms with Crippen molar-refractivity contribution >= 4 is 5.69 Å². The van der Waals surface area contributed by atoms with Crippen LogP contribution in [0.4, 0.5) is 18.9 Å². The van der Waals surface area contributed by atoms with Crippen LogP contribution in [-0.2, 0) is 10.9 Å². The molecule has 1 aromatic carbocycles.